The van der Waals surface area contributed by atoms with Crippen molar-refractivity contribution in [3.05, 3.63) is 102 Å². The van der Waals surface area contributed by atoms with Crippen LogP contribution in [0, 0.1) is 0 Å². The number of nitrogens with one attached hydrogen (secondary N) is 1. The van der Waals surface area contributed by atoms with Crippen LogP contribution in [0.25, 0.3) is 16.9 Å². The lowest BCUT2D eigenvalue weighted by atomic mass is 10.1. The van der Waals surface area contributed by atoms with E-state index in [1.807, 2.05) is 91.0 Å². The molecule has 0 spiro atoms. The van der Waals surface area contributed by atoms with Gasteiger partial charge < -0.3 is 10.1 Å². The van der Waals surface area contributed by atoms with Crippen molar-refractivity contribution >= 4 is 5.91 Å². The first kappa shape index (κ1) is 18.5. The second-order valence-corrected chi connectivity index (χ2v) is 6.56. The Bertz CT molecular complexity index is 1110. The quantitative estimate of drug-likeness (QED) is 0.534. The number of para-hydroxylation sites is 1. The van der Waals surface area contributed by atoms with Crippen LogP contribution < -0.4 is 10.1 Å². The summed E-state index contributed by atoms with van der Waals surface area (Å²) < 4.78 is 6.99. The van der Waals surface area contributed by atoms with Gasteiger partial charge in [-0.05, 0) is 35.9 Å². The van der Waals surface area contributed by atoms with Crippen molar-refractivity contribution in [2.24, 2.45) is 0 Å². The minimum absolute atomic E-state index is 0.181. The molecular weight excluding hydrogens is 362 g/mol. The minimum atomic E-state index is -0.181. The Morgan fingerprint density at radius 1 is 0.931 bits per heavy atom. The van der Waals surface area contributed by atoms with Crippen LogP contribution in [0.1, 0.15) is 16.1 Å². The molecule has 0 aliphatic heterocycles. The van der Waals surface area contributed by atoms with Crippen LogP contribution in [0.15, 0.2) is 91.0 Å². The molecule has 144 valence electrons. The van der Waals surface area contributed by atoms with Crippen molar-refractivity contribution in [2.45, 2.75) is 6.54 Å². The smallest absolute Gasteiger partial charge is 0.270 e. The monoisotopic (exact) mass is 383 g/mol. The molecule has 1 heterocycles. The Hall–Kier alpha value is -3.86. The minimum Gasteiger partial charge on any atom is -0.497 e. The van der Waals surface area contributed by atoms with Gasteiger partial charge in [-0.3, -0.25) is 4.79 Å². The van der Waals surface area contributed by atoms with Gasteiger partial charge >= 0.3 is 0 Å². The Morgan fingerprint density at radius 3 is 2.38 bits per heavy atom. The number of amides is 1. The van der Waals surface area contributed by atoms with E-state index in [2.05, 4.69) is 5.32 Å². The summed E-state index contributed by atoms with van der Waals surface area (Å²) in [5.41, 5.74) is 3.94. The van der Waals surface area contributed by atoms with E-state index < -0.39 is 0 Å². The zero-order chi connectivity index (χ0) is 20.1. The predicted molar refractivity (Wildman–Crippen MR) is 113 cm³/mol. The molecule has 0 unspecified atom stereocenters. The molecule has 29 heavy (non-hydrogen) atoms. The van der Waals surface area contributed by atoms with Crippen LogP contribution in [0.2, 0.25) is 0 Å². The number of carbonyl (C=O) groups excluding carboxylic acids is 1. The highest BCUT2D eigenvalue weighted by molar-refractivity contribution is 5.94. The summed E-state index contributed by atoms with van der Waals surface area (Å²) in [5.74, 6) is 0.561. The second-order valence-electron chi connectivity index (χ2n) is 6.56. The summed E-state index contributed by atoms with van der Waals surface area (Å²) in [4.78, 5) is 13.0. The maximum absolute atomic E-state index is 13.0. The van der Waals surface area contributed by atoms with E-state index in [0.29, 0.717) is 17.9 Å². The number of rotatable bonds is 6. The van der Waals surface area contributed by atoms with Gasteiger partial charge in [-0.25, -0.2) is 4.68 Å². The molecule has 1 amide bonds. The van der Waals surface area contributed by atoms with Gasteiger partial charge in [-0.15, -0.1) is 0 Å². The molecule has 0 atom stereocenters. The molecule has 0 bridgehead atoms. The molecule has 1 N–H and O–H groups in total. The Kier molecular flexibility index (Phi) is 5.38. The maximum atomic E-state index is 13.0. The van der Waals surface area contributed by atoms with E-state index in [-0.39, 0.29) is 5.91 Å². The number of benzene rings is 3. The summed E-state index contributed by atoms with van der Waals surface area (Å²) in [6.45, 7) is 0.453. The lowest BCUT2D eigenvalue weighted by molar-refractivity contribution is 0.0943. The van der Waals surface area contributed by atoms with Crippen LogP contribution in [0.3, 0.4) is 0 Å². The van der Waals surface area contributed by atoms with Gasteiger partial charge in [0, 0.05) is 12.1 Å². The fraction of sp³-hybridized carbons (Fsp3) is 0.0833. The van der Waals surface area contributed by atoms with Gasteiger partial charge in [-0.2, -0.15) is 5.10 Å². The van der Waals surface area contributed by atoms with Crippen LogP contribution in [0.5, 0.6) is 5.75 Å². The summed E-state index contributed by atoms with van der Waals surface area (Å²) in [5, 5.41) is 7.69. The number of nitrogens with zero attached hydrogens (tertiary/aromatic N) is 2. The second kappa shape index (κ2) is 8.44. The first-order chi connectivity index (χ1) is 14.2. The zero-order valence-electron chi connectivity index (χ0n) is 16.1. The summed E-state index contributed by atoms with van der Waals surface area (Å²) in [7, 11) is 1.63. The van der Waals surface area contributed by atoms with E-state index in [0.717, 1.165) is 22.6 Å². The molecule has 0 aliphatic carbocycles. The van der Waals surface area contributed by atoms with Gasteiger partial charge in [0.2, 0.25) is 0 Å². The average Bonchev–Trinajstić information content (AvgIpc) is 3.24. The summed E-state index contributed by atoms with van der Waals surface area (Å²) in [6.07, 6.45) is 0. The molecular formula is C24H21N3O2. The normalized spacial score (nSPS) is 10.5. The van der Waals surface area contributed by atoms with Gasteiger partial charge in [0.15, 0.2) is 0 Å². The van der Waals surface area contributed by atoms with E-state index in [9.17, 15) is 4.79 Å². The molecule has 0 fully saturated rings. The summed E-state index contributed by atoms with van der Waals surface area (Å²) in [6, 6.07) is 28.9. The zero-order valence-corrected chi connectivity index (χ0v) is 16.1. The largest absolute Gasteiger partial charge is 0.497 e. The fourth-order valence-corrected chi connectivity index (χ4v) is 3.10. The highest BCUT2D eigenvalue weighted by Crippen LogP contribution is 2.25. The van der Waals surface area contributed by atoms with Crippen LogP contribution in [-0.2, 0) is 6.54 Å². The standard InChI is InChI=1S/C24H21N3O2/c1-29-21-14-8-11-19(15-21)22-16-23(27(26-22)20-12-6-3-7-13-20)24(28)25-17-18-9-4-2-5-10-18/h2-16H,17H2,1H3,(H,25,28). The highest BCUT2D eigenvalue weighted by Gasteiger charge is 2.17. The number of hydrogen-bond donors (Lipinski definition) is 1. The molecule has 5 nitrogen and oxygen atoms in total. The van der Waals surface area contributed by atoms with Crippen molar-refractivity contribution in [2.75, 3.05) is 7.11 Å². The number of aromatic nitrogens is 2. The maximum Gasteiger partial charge on any atom is 0.270 e. The highest BCUT2D eigenvalue weighted by atomic mass is 16.5. The third kappa shape index (κ3) is 4.19. The lowest BCUT2D eigenvalue weighted by Gasteiger charge is -2.08. The van der Waals surface area contributed by atoms with E-state index in [4.69, 9.17) is 9.84 Å². The van der Waals surface area contributed by atoms with Gasteiger partial charge in [0.1, 0.15) is 11.4 Å². The molecule has 1 aromatic heterocycles. The molecule has 4 aromatic rings. The van der Waals surface area contributed by atoms with Gasteiger partial charge in [-0.1, -0.05) is 60.7 Å². The van der Waals surface area contributed by atoms with E-state index in [1.165, 1.54) is 0 Å². The summed E-state index contributed by atoms with van der Waals surface area (Å²) >= 11 is 0. The van der Waals surface area contributed by atoms with E-state index in [1.54, 1.807) is 11.8 Å². The number of ether oxygens (including phenoxy) is 1. The van der Waals surface area contributed by atoms with Crippen LogP contribution in [0.4, 0.5) is 0 Å². The van der Waals surface area contributed by atoms with Crippen LogP contribution >= 0.6 is 0 Å². The average molecular weight is 383 g/mol. The Balaban J connectivity index is 1.69. The van der Waals surface area contributed by atoms with Crippen molar-refractivity contribution in [1.29, 1.82) is 0 Å². The first-order valence-corrected chi connectivity index (χ1v) is 9.36. The molecule has 3 aromatic carbocycles. The first-order valence-electron chi connectivity index (χ1n) is 9.36. The molecule has 0 aliphatic rings. The third-order valence-corrected chi connectivity index (χ3v) is 4.60. The fourth-order valence-electron chi connectivity index (χ4n) is 3.10. The predicted octanol–water partition coefficient (Wildman–Crippen LogP) is 4.48. The molecule has 4 rings (SSSR count). The van der Waals surface area contributed by atoms with E-state index >= 15 is 0 Å². The molecule has 0 saturated carbocycles. The molecule has 5 heteroatoms. The van der Waals surface area contributed by atoms with Crippen molar-refractivity contribution in [3.63, 3.8) is 0 Å². The van der Waals surface area contributed by atoms with Crippen LogP contribution in [-0.4, -0.2) is 22.8 Å². The van der Waals surface area contributed by atoms with Gasteiger partial charge in [0.05, 0.1) is 18.5 Å². The number of methoxy groups -OCH3 is 1. The van der Waals surface area contributed by atoms with Gasteiger partial charge in [0.25, 0.3) is 5.91 Å². The molecule has 0 radical (unpaired) electrons. The van der Waals surface area contributed by atoms with Crippen molar-refractivity contribution in [3.8, 4) is 22.7 Å². The Labute approximate surface area is 169 Å². The number of hydrogen-bond acceptors (Lipinski definition) is 3. The number of carbonyl (C=O) groups is 1. The topological polar surface area (TPSA) is 56.1 Å². The molecule has 0 saturated heterocycles. The Morgan fingerprint density at radius 2 is 1.66 bits per heavy atom. The SMILES string of the molecule is COc1cccc(-c2cc(C(=O)NCc3ccccc3)n(-c3ccccc3)n2)c1. The van der Waals surface area contributed by atoms with Crippen molar-refractivity contribution in [1.82, 2.24) is 15.1 Å². The third-order valence-electron chi connectivity index (χ3n) is 4.60. The van der Waals surface area contributed by atoms with Crippen molar-refractivity contribution < 1.29 is 9.53 Å². The lowest BCUT2D eigenvalue weighted by Crippen LogP contribution is -2.25.